The van der Waals surface area contributed by atoms with Gasteiger partial charge in [-0.15, -0.1) is 0 Å². The molecule has 0 heterocycles. The fourth-order valence-electron chi connectivity index (χ4n) is 0.971. The Morgan fingerprint density at radius 2 is 2.15 bits per heavy atom. The predicted octanol–water partition coefficient (Wildman–Crippen LogP) is 0.237. The first-order valence-electron chi connectivity index (χ1n) is 4.45. The summed E-state index contributed by atoms with van der Waals surface area (Å²) in [6.07, 6.45) is 2.08. The number of amides is 2. The molecular weight excluding hydrogens is 168 g/mol. The molecule has 0 spiro atoms. The van der Waals surface area contributed by atoms with Crippen LogP contribution in [0.15, 0.2) is 0 Å². The van der Waals surface area contributed by atoms with Crippen LogP contribution in [0.1, 0.15) is 19.8 Å². The van der Waals surface area contributed by atoms with Crippen LogP contribution in [0.4, 0.5) is 0 Å². The first-order chi connectivity index (χ1) is 6.07. The van der Waals surface area contributed by atoms with Crippen molar-refractivity contribution in [1.82, 2.24) is 10.2 Å². The van der Waals surface area contributed by atoms with E-state index in [1.54, 1.807) is 19.0 Å². The standard InChI is InChI=1S/C9H18N2O2/c1-8(4-5-10-7-12)6-9(13)11(2)3/h7-8H,4-6H2,1-3H3,(H,10,12). The molecule has 76 valence electrons. The van der Waals surface area contributed by atoms with E-state index in [1.165, 1.54) is 0 Å². The minimum absolute atomic E-state index is 0.138. The Morgan fingerprint density at radius 1 is 1.54 bits per heavy atom. The zero-order valence-electron chi connectivity index (χ0n) is 8.54. The number of carbonyl (C=O) groups is 2. The van der Waals surface area contributed by atoms with Gasteiger partial charge in [0.1, 0.15) is 0 Å². The average molecular weight is 186 g/mol. The van der Waals surface area contributed by atoms with Crippen molar-refractivity contribution < 1.29 is 9.59 Å². The minimum atomic E-state index is 0.138. The summed E-state index contributed by atoms with van der Waals surface area (Å²) in [5.41, 5.74) is 0. The van der Waals surface area contributed by atoms with Crippen LogP contribution in [0.2, 0.25) is 0 Å². The van der Waals surface area contributed by atoms with Crippen molar-refractivity contribution >= 4 is 12.3 Å². The van der Waals surface area contributed by atoms with Gasteiger partial charge in [-0.05, 0) is 12.3 Å². The Balaban J connectivity index is 3.55. The molecule has 0 aliphatic rings. The zero-order chi connectivity index (χ0) is 10.3. The second kappa shape index (κ2) is 6.46. The van der Waals surface area contributed by atoms with Crippen LogP contribution in [0.25, 0.3) is 0 Å². The predicted molar refractivity (Wildman–Crippen MR) is 51.2 cm³/mol. The molecule has 0 rings (SSSR count). The third-order valence-corrected chi connectivity index (χ3v) is 1.89. The molecule has 0 saturated heterocycles. The Hall–Kier alpha value is -1.06. The van der Waals surface area contributed by atoms with E-state index in [0.29, 0.717) is 25.3 Å². The van der Waals surface area contributed by atoms with E-state index in [4.69, 9.17) is 0 Å². The molecule has 0 aromatic heterocycles. The van der Waals surface area contributed by atoms with Gasteiger partial charge >= 0.3 is 0 Å². The maximum Gasteiger partial charge on any atom is 0.222 e. The van der Waals surface area contributed by atoms with Crippen molar-refractivity contribution in [3.8, 4) is 0 Å². The minimum Gasteiger partial charge on any atom is -0.359 e. The van der Waals surface area contributed by atoms with E-state index < -0.39 is 0 Å². The zero-order valence-corrected chi connectivity index (χ0v) is 8.54. The van der Waals surface area contributed by atoms with Gasteiger partial charge in [0.25, 0.3) is 0 Å². The quantitative estimate of drug-likeness (QED) is 0.477. The third-order valence-electron chi connectivity index (χ3n) is 1.89. The molecule has 2 amide bonds. The van der Waals surface area contributed by atoms with Gasteiger partial charge in [-0.3, -0.25) is 9.59 Å². The number of rotatable bonds is 6. The summed E-state index contributed by atoms with van der Waals surface area (Å²) in [5.74, 6) is 0.459. The summed E-state index contributed by atoms with van der Waals surface area (Å²) in [6.45, 7) is 2.65. The lowest BCUT2D eigenvalue weighted by Crippen LogP contribution is -2.24. The molecule has 0 fully saturated rings. The molecule has 0 aromatic rings. The van der Waals surface area contributed by atoms with Crippen molar-refractivity contribution in [2.24, 2.45) is 5.92 Å². The molecule has 1 atom stereocenters. The first-order valence-corrected chi connectivity index (χ1v) is 4.45. The van der Waals surface area contributed by atoms with Gasteiger partial charge in [-0.2, -0.15) is 0 Å². The normalized spacial score (nSPS) is 11.9. The Morgan fingerprint density at radius 3 is 2.62 bits per heavy atom. The van der Waals surface area contributed by atoms with E-state index in [0.717, 1.165) is 6.42 Å². The summed E-state index contributed by atoms with van der Waals surface area (Å²) in [4.78, 5) is 22.7. The van der Waals surface area contributed by atoms with Crippen LogP contribution >= 0.6 is 0 Å². The largest absolute Gasteiger partial charge is 0.359 e. The van der Waals surface area contributed by atoms with Crippen LogP contribution in [-0.2, 0) is 9.59 Å². The highest BCUT2D eigenvalue weighted by Crippen LogP contribution is 2.07. The van der Waals surface area contributed by atoms with E-state index in [-0.39, 0.29) is 5.91 Å². The lowest BCUT2D eigenvalue weighted by atomic mass is 10.0. The topological polar surface area (TPSA) is 49.4 Å². The highest BCUT2D eigenvalue weighted by Gasteiger charge is 2.09. The average Bonchev–Trinajstić information content (AvgIpc) is 2.04. The summed E-state index contributed by atoms with van der Waals surface area (Å²) >= 11 is 0. The van der Waals surface area contributed by atoms with Gasteiger partial charge in [0.15, 0.2) is 0 Å². The second-order valence-electron chi connectivity index (χ2n) is 3.46. The van der Waals surface area contributed by atoms with Crippen molar-refractivity contribution in [2.75, 3.05) is 20.6 Å². The van der Waals surface area contributed by atoms with Gasteiger partial charge in [0.05, 0.1) is 0 Å². The summed E-state index contributed by atoms with van der Waals surface area (Å²) in [6, 6.07) is 0. The summed E-state index contributed by atoms with van der Waals surface area (Å²) in [7, 11) is 3.50. The SMILES string of the molecule is CC(CCNC=O)CC(=O)N(C)C. The third kappa shape index (κ3) is 6.13. The molecule has 1 unspecified atom stereocenters. The van der Waals surface area contributed by atoms with E-state index in [9.17, 15) is 9.59 Å². The maximum atomic E-state index is 11.2. The molecule has 0 radical (unpaired) electrons. The molecule has 1 N–H and O–H groups in total. The van der Waals surface area contributed by atoms with E-state index >= 15 is 0 Å². The van der Waals surface area contributed by atoms with Gasteiger partial charge in [-0.25, -0.2) is 0 Å². The number of hydrogen-bond donors (Lipinski definition) is 1. The number of carbonyl (C=O) groups excluding carboxylic acids is 2. The van der Waals surface area contributed by atoms with Crippen molar-refractivity contribution in [1.29, 1.82) is 0 Å². The smallest absolute Gasteiger partial charge is 0.222 e. The Labute approximate surface area is 79.3 Å². The van der Waals surface area contributed by atoms with Crippen LogP contribution in [-0.4, -0.2) is 37.9 Å². The van der Waals surface area contributed by atoms with Crippen LogP contribution < -0.4 is 5.32 Å². The Kier molecular flexibility index (Phi) is 5.93. The van der Waals surface area contributed by atoms with Gasteiger partial charge in [0, 0.05) is 27.1 Å². The Bertz CT molecular complexity index is 169. The maximum absolute atomic E-state index is 11.2. The molecule has 13 heavy (non-hydrogen) atoms. The van der Waals surface area contributed by atoms with Crippen molar-refractivity contribution in [2.45, 2.75) is 19.8 Å². The van der Waals surface area contributed by atoms with E-state index in [1.807, 2.05) is 6.92 Å². The van der Waals surface area contributed by atoms with Gasteiger partial charge in [-0.1, -0.05) is 6.92 Å². The molecular formula is C9H18N2O2. The van der Waals surface area contributed by atoms with Crippen LogP contribution in [0.5, 0.6) is 0 Å². The molecule has 0 aromatic carbocycles. The molecule has 0 saturated carbocycles. The molecule has 0 aliphatic heterocycles. The lowest BCUT2D eigenvalue weighted by Gasteiger charge is -2.14. The monoisotopic (exact) mass is 186 g/mol. The number of nitrogens with zero attached hydrogens (tertiary/aromatic N) is 1. The molecule has 4 heteroatoms. The highest BCUT2D eigenvalue weighted by atomic mass is 16.2. The van der Waals surface area contributed by atoms with Crippen LogP contribution in [0, 0.1) is 5.92 Å². The van der Waals surface area contributed by atoms with Gasteiger partial charge < -0.3 is 10.2 Å². The van der Waals surface area contributed by atoms with E-state index in [2.05, 4.69) is 5.32 Å². The second-order valence-corrected chi connectivity index (χ2v) is 3.46. The molecule has 4 nitrogen and oxygen atoms in total. The fourth-order valence-corrected chi connectivity index (χ4v) is 0.971. The molecule has 0 aliphatic carbocycles. The van der Waals surface area contributed by atoms with Crippen LogP contribution in [0.3, 0.4) is 0 Å². The van der Waals surface area contributed by atoms with Crippen molar-refractivity contribution in [3.05, 3.63) is 0 Å². The number of hydrogen-bond acceptors (Lipinski definition) is 2. The fraction of sp³-hybridized carbons (Fsp3) is 0.778. The number of nitrogens with one attached hydrogen (secondary N) is 1. The first kappa shape index (κ1) is 11.9. The highest BCUT2D eigenvalue weighted by molar-refractivity contribution is 5.75. The summed E-state index contributed by atoms with van der Waals surface area (Å²) in [5, 5.41) is 2.58. The molecule has 0 bridgehead atoms. The van der Waals surface area contributed by atoms with Gasteiger partial charge in [0.2, 0.25) is 12.3 Å². The van der Waals surface area contributed by atoms with Crippen molar-refractivity contribution in [3.63, 3.8) is 0 Å². The lowest BCUT2D eigenvalue weighted by molar-refractivity contribution is -0.129. The summed E-state index contributed by atoms with van der Waals surface area (Å²) < 4.78 is 0.